The lowest BCUT2D eigenvalue weighted by Crippen LogP contribution is -2.43. The van der Waals surface area contributed by atoms with E-state index in [9.17, 15) is 4.79 Å². The first-order valence-electron chi connectivity index (χ1n) is 8.87. The quantitative estimate of drug-likeness (QED) is 0.411. The third-order valence-corrected chi connectivity index (χ3v) is 5.55. The highest BCUT2D eigenvalue weighted by molar-refractivity contribution is 7.98. The van der Waals surface area contributed by atoms with Gasteiger partial charge in [0.2, 0.25) is 5.78 Å². The number of morpholine rings is 1. The second-order valence-corrected chi connectivity index (χ2v) is 7.08. The smallest absolute Gasteiger partial charge is 0.262 e. The molecule has 0 saturated carbocycles. The van der Waals surface area contributed by atoms with E-state index >= 15 is 0 Å². The Kier molecular flexibility index (Phi) is 6.55. The third-order valence-electron chi connectivity index (χ3n) is 4.82. The number of carbonyl (C=O) groups excluding carboxylic acids is 1. The standard InChI is InChI=1S/C21H25NO4S/c1-24-21(25-2,20(23)16-7-5-4-6-8-16)18-10-9-17(27-3)15-19(18)22-11-13-26-14-12-22/h4-10,15H,11-14H2,1-3H3. The molecule has 1 fully saturated rings. The van der Waals surface area contributed by atoms with Crippen molar-refractivity contribution in [2.45, 2.75) is 10.7 Å². The number of ether oxygens (including phenoxy) is 3. The molecule has 27 heavy (non-hydrogen) atoms. The summed E-state index contributed by atoms with van der Waals surface area (Å²) in [6.07, 6.45) is 2.03. The molecule has 0 unspecified atom stereocenters. The van der Waals surface area contributed by atoms with Crippen LogP contribution in [0.5, 0.6) is 0 Å². The Morgan fingerprint density at radius 1 is 1.07 bits per heavy atom. The van der Waals surface area contributed by atoms with Gasteiger partial charge in [-0.2, -0.15) is 0 Å². The van der Waals surface area contributed by atoms with Crippen LogP contribution >= 0.6 is 11.8 Å². The predicted molar refractivity (Wildman–Crippen MR) is 108 cm³/mol. The SMILES string of the molecule is COC(OC)(C(=O)c1ccccc1)c1ccc(SC)cc1N1CCOCC1. The van der Waals surface area contributed by atoms with E-state index in [-0.39, 0.29) is 5.78 Å². The normalized spacial score (nSPS) is 15.0. The summed E-state index contributed by atoms with van der Waals surface area (Å²) >= 11 is 1.66. The summed E-state index contributed by atoms with van der Waals surface area (Å²) in [6, 6.07) is 15.1. The third kappa shape index (κ3) is 3.89. The molecule has 2 aromatic carbocycles. The van der Waals surface area contributed by atoms with E-state index in [0.29, 0.717) is 24.3 Å². The molecule has 0 amide bonds. The second-order valence-electron chi connectivity index (χ2n) is 6.20. The van der Waals surface area contributed by atoms with Gasteiger partial charge in [0.05, 0.1) is 13.2 Å². The van der Waals surface area contributed by atoms with Gasteiger partial charge in [0, 0.05) is 49.0 Å². The van der Waals surface area contributed by atoms with Gasteiger partial charge in [0.25, 0.3) is 5.79 Å². The van der Waals surface area contributed by atoms with E-state index in [2.05, 4.69) is 11.0 Å². The average Bonchev–Trinajstić information content (AvgIpc) is 2.76. The number of benzene rings is 2. The molecule has 0 atom stereocenters. The van der Waals surface area contributed by atoms with Crippen LogP contribution in [0.3, 0.4) is 0 Å². The molecule has 1 aliphatic rings. The number of ketones is 1. The van der Waals surface area contributed by atoms with Crippen LogP contribution in [0.1, 0.15) is 15.9 Å². The van der Waals surface area contributed by atoms with Crippen LogP contribution in [0.2, 0.25) is 0 Å². The molecule has 0 N–H and O–H groups in total. The van der Waals surface area contributed by atoms with Gasteiger partial charge in [-0.3, -0.25) is 4.79 Å². The minimum atomic E-state index is -1.51. The van der Waals surface area contributed by atoms with Crippen molar-refractivity contribution in [2.75, 3.05) is 51.7 Å². The van der Waals surface area contributed by atoms with Gasteiger partial charge in [-0.05, 0) is 24.5 Å². The molecule has 3 rings (SSSR count). The number of methoxy groups -OCH3 is 2. The van der Waals surface area contributed by atoms with Crippen molar-refractivity contribution < 1.29 is 19.0 Å². The van der Waals surface area contributed by atoms with E-state index in [0.717, 1.165) is 23.7 Å². The number of Topliss-reactive ketones (excluding diaryl/α,β-unsaturated/α-hetero) is 1. The topological polar surface area (TPSA) is 48.0 Å². The monoisotopic (exact) mass is 387 g/mol. The van der Waals surface area contributed by atoms with Gasteiger partial charge < -0.3 is 19.1 Å². The first-order valence-corrected chi connectivity index (χ1v) is 10.1. The van der Waals surface area contributed by atoms with Crippen molar-refractivity contribution in [2.24, 2.45) is 0 Å². The van der Waals surface area contributed by atoms with Crippen molar-refractivity contribution in [1.29, 1.82) is 0 Å². The molecule has 1 heterocycles. The van der Waals surface area contributed by atoms with Crippen molar-refractivity contribution >= 4 is 23.2 Å². The fourth-order valence-electron chi connectivity index (χ4n) is 3.37. The molecule has 5 nitrogen and oxygen atoms in total. The van der Waals surface area contributed by atoms with Crippen LogP contribution in [0.15, 0.2) is 53.4 Å². The van der Waals surface area contributed by atoms with E-state index in [1.807, 2.05) is 36.6 Å². The molecule has 0 radical (unpaired) electrons. The Hall–Kier alpha value is -1.86. The maximum atomic E-state index is 13.4. The van der Waals surface area contributed by atoms with E-state index in [4.69, 9.17) is 14.2 Å². The number of thioether (sulfide) groups is 1. The van der Waals surface area contributed by atoms with Gasteiger partial charge in [0.1, 0.15) is 0 Å². The van der Waals surface area contributed by atoms with Crippen molar-refractivity contribution in [1.82, 2.24) is 0 Å². The lowest BCUT2D eigenvalue weighted by molar-refractivity contribution is -0.176. The molecular formula is C21H25NO4S. The maximum absolute atomic E-state index is 13.4. The second kappa shape index (κ2) is 8.89. The Bertz CT molecular complexity index is 771. The first-order chi connectivity index (χ1) is 13.2. The van der Waals surface area contributed by atoms with Crippen LogP contribution < -0.4 is 4.90 Å². The molecule has 0 aromatic heterocycles. The molecule has 144 valence electrons. The number of hydrogen-bond donors (Lipinski definition) is 0. The molecule has 0 spiro atoms. The Morgan fingerprint density at radius 2 is 1.74 bits per heavy atom. The number of carbonyl (C=O) groups is 1. The molecular weight excluding hydrogens is 362 g/mol. The van der Waals surface area contributed by atoms with Gasteiger partial charge >= 0.3 is 0 Å². The molecule has 6 heteroatoms. The predicted octanol–water partition coefficient (Wildman–Crippen LogP) is 3.57. The van der Waals surface area contributed by atoms with E-state index < -0.39 is 5.79 Å². The fraction of sp³-hybridized carbons (Fsp3) is 0.381. The lowest BCUT2D eigenvalue weighted by Gasteiger charge is -2.36. The van der Waals surface area contributed by atoms with E-state index in [1.54, 1.807) is 23.9 Å². The molecule has 0 aliphatic carbocycles. The van der Waals surface area contributed by atoms with E-state index in [1.165, 1.54) is 14.2 Å². The molecule has 2 aromatic rings. The van der Waals surface area contributed by atoms with Crippen molar-refractivity contribution in [3.05, 3.63) is 59.7 Å². The van der Waals surface area contributed by atoms with Crippen molar-refractivity contribution in [3.8, 4) is 0 Å². The van der Waals surface area contributed by atoms with Crippen LogP contribution in [-0.2, 0) is 20.0 Å². The average molecular weight is 388 g/mol. The number of nitrogens with zero attached hydrogens (tertiary/aromatic N) is 1. The summed E-state index contributed by atoms with van der Waals surface area (Å²) in [5, 5.41) is 0. The highest BCUT2D eigenvalue weighted by Gasteiger charge is 2.44. The van der Waals surface area contributed by atoms with Gasteiger partial charge in [0.15, 0.2) is 0 Å². The maximum Gasteiger partial charge on any atom is 0.262 e. The highest BCUT2D eigenvalue weighted by atomic mass is 32.2. The number of rotatable bonds is 7. The zero-order valence-corrected chi connectivity index (χ0v) is 16.8. The first kappa shape index (κ1) is 19.9. The Labute approximate surface area is 164 Å². The molecule has 1 aliphatic heterocycles. The number of hydrogen-bond acceptors (Lipinski definition) is 6. The van der Waals surface area contributed by atoms with Gasteiger partial charge in [-0.1, -0.05) is 30.3 Å². The Balaban J connectivity index is 2.13. The van der Waals surface area contributed by atoms with Crippen LogP contribution in [0.4, 0.5) is 5.69 Å². The zero-order valence-electron chi connectivity index (χ0n) is 15.9. The summed E-state index contributed by atoms with van der Waals surface area (Å²) in [6.45, 7) is 2.83. The van der Waals surface area contributed by atoms with Gasteiger partial charge in [-0.25, -0.2) is 0 Å². The van der Waals surface area contributed by atoms with Crippen LogP contribution in [-0.4, -0.2) is 52.6 Å². The molecule has 0 bridgehead atoms. The highest BCUT2D eigenvalue weighted by Crippen LogP contribution is 2.39. The Morgan fingerprint density at radius 3 is 2.33 bits per heavy atom. The summed E-state index contributed by atoms with van der Waals surface area (Å²) in [4.78, 5) is 16.8. The van der Waals surface area contributed by atoms with Crippen LogP contribution in [0.25, 0.3) is 0 Å². The summed E-state index contributed by atoms with van der Waals surface area (Å²) in [5.74, 6) is -1.73. The minimum Gasteiger partial charge on any atom is -0.378 e. The largest absolute Gasteiger partial charge is 0.378 e. The lowest BCUT2D eigenvalue weighted by atomic mass is 9.93. The minimum absolute atomic E-state index is 0.223. The fourth-order valence-corrected chi connectivity index (χ4v) is 3.81. The summed E-state index contributed by atoms with van der Waals surface area (Å²) < 4.78 is 17.0. The summed E-state index contributed by atoms with van der Waals surface area (Å²) in [7, 11) is 3.02. The summed E-state index contributed by atoms with van der Waals surface area (Å²) in [5.41, 5.74) is 2.20. The van der Waals surface area contributed by atoms with Gasteiger partial charge in [-0.15, -0.1) is 11.8 Å². The number of anilines is 1. The zero-order chi connectivity index (χ0) is 19.3. The molecule has 1 saturated heterocycles. The van der Waals surface area contributed by atoms with Crippen molar-refractivity contribution in [3.63, 3.8) is 0 Å². The van der Waals surface area contributed by atoms with Crippen LogP contribution in [0, 0.1) is 0 Å².